The number of alkyl halides is 2. The smallest absolute Gasteiger partial charge is 0.228 e. The summed E-state index contributed by atoms with van der Waals surface area (Å²) >= 11 is 0. The summed E-state index contributed by atoms with van der Waals surface area (Å²) in [6.45, 7) is -2.81. The summed E-state index contributed by atoms with van der Waals surface area (Å²) in [5.74, 6) is 0. The van der Waals surface area contributed by atoms with Crippen LogP contribution < -0.4 is 0 Å². The quantitative estimate of drug-likeness (QED) is 0.455. The highest BCUT2D eigenvalue weighted by molar-refractivity contribution is 4.64. The molecule has 60 valence electrons. The molecular weight excluding hydrogens is 142 g/mol. The van der Waals surface area contributed by atoms with Gasteiger partial charge in [-0.1, -0.05) is 12.8 Å². The van der Waals surface area contributed by atoms with Crippen LogP contribution in [-0.2, 0) is 9.78 Å². The molecule has 0 aromatic rings. The average Bonchev–Trinajstić information content (AvgIpc) is 2.34. The molecule has 0 heterocycles. The first-order valence-electron chi connectivity index (χ1n) is 3.39. The number of hydrogen-bond donors (Lipinski definition) is 0. The molecule has 0 unspecified atom stereocenters. The van der Waals surface area contributed by atoms with Crippen LogP contribution in [0.5, 0.6) is 0 Å². The van der Waals surface area contributed by atoms with E-state index in [1.807, 2.05) is 0 Å². The summed E-state index contributed by atoms with van der Waals surface area (Å²) < 4.78 is 22.7. The minimum atomic E-state index is -2.81. The van der Waals surface area contributed by atoms with Crippen molar-refractivity contribution in [2.75, 3.05) is 0 Å². The van der Waals surface area contributed by atoms with Gasteiger partial charge in [0.15, 0.2) is 0 Å². The Kier molecular flexibility index (Phi) is 3.02. The van der Waals surface area contributed by atoms with Gasteiger partial charge in [-0.3, -0.25) is 0 Å². The van der Waals surface area contributed by atoms with E-state index >= 15 is 0 Å². The van der Waals surface area contributed by atoms with Crippen molar-refractivity contribution in [2.45, 2.75) is 38.4 Å². The minimum absolute atomic E-state index is 0.103. The molecule has 0 aliphatic heterocycles. The SMILES string of the molecule is FC(F)OOC1CCCC1. The summed E-state index contributed by atoms with van der Waals surface area (Å²) in [6, 6.07) is 0. The Hall–Kier alpha value is -0.220. The zero-order valence-corrected chi connectivity index (χ0v) is 5.56. The molecule has 0 spiro atoms. The van der Waals surface area contributed by atoms with Gasteiger partial charge in [0, 0.05) is 0 Å². The molecule has 1 fully saturated rings. The molecule has 0 saturated heterocycles. The monoisotopic (exact) mass is 152 g/mol. The number of rotatable bonds is 3. The number of hydrogen-bond acceptors (Lipinski definition) is 2. The lowest BCUT2D eigenvalue weighted by Gasteiger charge is -2.07. The lowest BCUT2D eigenvalue weighted by atomic mass is 10.3. The van der Waals surface area contributed by atoms with Crippen LogP contribution in [0, 0.1) is 0 Å². The Bertz CT molecular complexity index is 91.7. The van der Waals surface area contributed by atoms with Gasteiger partial charge in [-0.25, -0.2) is 4.89 Å². The molecule has 10 heavy (non-hydrogen) atoms. The van der Waals surface area contributed by atoms with E-state index in [1.165, 1.54) is 0 Å². The predicted octanol–water partition coefficient (Wildman–Crippen LogP) is 2.10. The van der Waals surface area contributed by atoms with Crippen LogP contribution in [0.1, 0.15) is 25.7 Å². The van der Waals surface area contributed by atoms with E-state index in [9.17, 15) is 8.78 Å². The Morgan fingerprint density at radius 2 is 1.80 bits per heavy atom. The molecule has 0 radical (unpaired) electrons. The summed E-state index contributed by atoms with van der Waals surface area (Å²) in [4.78, 5) is 8.11. The molecule has 1 aliphatic rings. The van der Waals surface area contributed by atoms with Crippen molar-refractivity contribution >= 4 is 0 Å². The van der Waals surface area contributed by atoms with Crippen molar-refractivity contribution < 1.29 is 18.6 Å². The largest absolute Gasteiger partial charge is 0.371 e. The summed E-state index contributed by atoms with van der Waals surface area (Å²) in [5.41, 5.74) is 0. The van der Waals surface area contributed by atoms with Crippen LogP contribution in [0.4, 0.5) is 8.78 Å². The van der Waals surface area contributed by atoms with Crippen molar-refractivity contribution in [3.05, 3.63) is 0 Å². The third-order valence-electron chi connectivity index (χ3n) is 1.57. The third-order valence-corrected chi connectivity index (χ3v) is 1.57. The fourth-order valence-electron chi connectivity index (χ4n) is 1.11. The van der Waals surface area contributed by atoms with Gasteiger partial charge in [0.05, 0.1) is 6.10 Å². The van der Waals surface area contributed by atoms with Crippen LogP contribution in [-0.4, -0.2) is 12.7 Å². The molecule has 0 atom stereocenters. The first-order valence-corrected chi connectivity index (χ1v) is 3.39. The van der Waals surface area contributed by atoms with E-state index in [1.54, 1.807) is 0 Å². The van der Waals surface area contributed by atoms with Gasteiger partial charge >= 0.3 is 6.61 Å². The second-order valence-electron chi connectivity index (χ2n) is 2.36. The van der Waals surface area contributed by atoms with Crippen molar-refractivity contribution in [3.63, 3.8) is 0 Å². The molecule has 0 aromatic carbocycles. The zero-order valence-electron chi connectivity index (χ0n) is 5.56. The summed E-state index contributed by atoms with van der Waals surface area (Å²) in [5, 5.41) is 0. The topological polar surface area (TPSA) is 18.5 Å². The highest BCUT2D eigenvalue weighted by Crippen LogP contribution is 2.21. The lowest BCUT2D eigenvalue weighted by Crippen LogP contribution is -2.10. The molecule has 0 N–H and O–H groups in total. The van der Waals surface area contributed by atoms with Crippen molar-refractivity contribution in [3.8, 4) is 0 Å². The highest BCUT2D eigenvalue weighted by Gasteiger charge is 2.17. The lowest BCUT2D eigenvalue weighted by molar-refractivity contribution is -0.402. The molecule has 1 rings (SSSR count). The van der Waals surface area contributed by atoms with E-state index in [4.69, 9.17) is 0 Å². The van der Waals surface area contributed by atoms with Gasteiger partial charge in [-0.2, -0.15) is 13.7 Å². The average molecular weight is 152 g/mol. The Morgan fingerprint density at radius 1 is 1.20 bits per heavy atom. The van der Waals surface area contributed by atoms with Crippen LogP contribution in [0.25, 0.3) is 0 Å². The van der Waals surface area contributed by atoms with Crippen LogP contribution in [0.3, 0.4) is 0 Å². The van der Waals surface area contributed by atoms with Crippen LogP contribution >= 0.6 is 0 Å². The maximum atomic E-state index is 11.3. The molecular formula is C6H10F2O2. The van der Waals surface area contributed by atoms with Crippen molar-refractivity contribution in [1.82, 2.24) is 0 Å². The van der Waals surface area contributed by atoms with E-state index in [-0.39, 0.29) is 6.10 Å². The zero-order chi connectivity index (χ0) is 7.40. The number of halogens is 2. The molecule has 4 heteroatoms. The second kappa shape index (κ2) is 3.83. The van der Waals surface area contributed by atoms with Gasteiger partial charge in [0.2, 0.25) is 0 Å². The Morgan fingerprint density at radius 3 is 2.30 bits per heavy atom. The maximum Gasteiger partial charge on any atom is 0.371 e. The van der Waals surface area contributed by atoms with Crippen molar-refractivity contribution in [2.24, 2.45) is 0 Å². The molecule has 2 nitrogen and oxygen atoms in total. The normalized spacial score (nSPS) is 20.7. The van der Waals surface area contributed by atoms with Gasteiger partial charge in [0.25, 0.3) is 0 Å². The fraction of sp³-hybridized carbons (Fsp3) is 1.00. The van der Waals surface area contributed by atoms with E-state index < -0.39 is 6.61 Å². The van der Waals surface area contributed by atoms with Crippen LogP contribution in [0.15, 0.2) is 0 Å². The highest BCUT2D eigenvalue weighted by atomic mass is 19.3. The minimum Gasteiger partial charge on any atom is -0.228 e. The standard InChI is InChI=1S/C6H10F2O2/c7-6(8)10-9-5-3-1-2-4-5/h5-6H,1-4H2. The molecule has 0 aromatic heterocycles. The molecule has 0 bridgehead atoms. The Balaban J connectivity index is 2.01. The van der Waals surface area contributed by atoms with Crippen molar-refractivity contribution in [1.29, 1.82) is 0 Å². The fourth-order valence-corrected chi connectivity index (χ4v) is 1.11. The first-order chi connectivity index (χ1) is 4.79. The molecule has 1 saturated carbocycles. The van der Waals surface area contributed by atoms with E-state index in [0.717, 1.165) is 25.7 Å². The van der Waals surface area contributed by atoms with Gasteiger partial charge in [0.1, 0.15) is 0 Å². The third kappa shape index (κ3) is 2.58. The van der Waals surface area contributed by atoms with Gasteiger partial charge < -0.3 is 0 Å². The van der Waals surface area contributed by atoms with Gasteiger partial charge in [-0.15, -0.1) is 0 Å². The summed E-state index contributed by atoms with van der Waals surface area (Å²) in [7, 11) is 0. The first kappa shape index (κ1) is 7.88. The van der Waals surface area contributed by atoms with E-state index in [0.29, 0.717) is 0 Å². The van der Waals surface area contributed by atoms with Crippen LogP contribution in [0.2, 0.25) is 0 Å². The van der Waals surface area contributed by atoms with E-state index in [2.05, 4.69) is 9.78 Å². The summed E-state index contributed by atoms with van der Waals surface area (Å²) in [6.07, 6.45) is 3.68. The predicted molar refractivity (Wildman–Crippen MR) is 30.4 cm³/mol. The maximum absolute atomic E-state index is 11.3. The molecule has 0 amide bonds. The Labute approximate surface area is 58.0 Å². The second-order valence-corrected chi connectivity index (χ2v) is 2.36. The molecule has 1 aliphatic carbocycles. The van der Waals surface area contributed by atoms with Gasteiger partial charge in [-0.05, 0) is 12.8 Å².